The van der Waals surface area contributed by atoms with Gasteiger partial charge in [-0.2, -0.15) is 0 Å². The van der Waals surface area contributed by atoms with Crippen LogP contribution in [0.15, 0.2) is 24.3 Å². The molecule has 0 bridgehead atoms. The maximum Gasteiger partial charge on any atom is 0.338 e. The van der Waals surface area contributed by atoms with E-state index in [0.717, 1.165) is 0 Å². The van der Waals surface area contributed by atoms with Crippen LogP contribution < -0.4 is 0 Å². The predicted octanol–water partition coefficient (Wildman–Crippen LogP) is 2.46. The lowest BCUT2D eigenvalue weighted by Crippen LogP contribution is -2.06. The molecular formula is C11H15O5P. The summed E-state index contributed by atoms with van der Waals surface area (Å²) in [4.78, 5) is 11.5. The lowest BCUT2D eigenvalue weighted by molar-refractivity contribution is 0.0600. The van der Waals surface area contributed by atoms with Crippen molar-refractivity contribution in [1.29, 1.82) is 0 Å². The van der Waals surface area contributed by atoms with Crippen LogP contribution in [0.3, 0.4) is 0 Å². The van der Waals surface area contributed by atoms with Crippen molar-refractivity contribution in [1.82, 2.24) is 0 Å². The first kappa shape index (κ1) is 13.9. The van der Waals surface area contributed by atoms with Gasteiger partial charge in [0.05, 0.1) is 18.8 Å². The van der Waals surface area contributed by atoms with Crippen molar-refractivity contribution in [3.8, 4) is 0 Å². The summed E-state index contributed by atoms with van der Waals surface area (Å²) in [6.07, 6.45) is 0.0330. The molecular weight excluding hydrogens is 243 g/mol. The van der Waals surface area contributed by atoms with Crippen molar-refractivity contribution in [2.24, 2.45) is 0 Å². The van der Waals surface area contributed by atoms with Crippen LogP contribution in [-0.4, -0.2) is 27.3 Å². The third-order valence-electron chi connectivity index (χ3n) is 2.34. The Hall–Kier alpha value is -1.16. The van der Waals surface area contributed by atoms with Gasteiger partial charge in [-0.1, -0.05) is 18.2 Å². The highest BCUT2D eigenvalue weighted by molar-refractivity contribution is 7.52. The molecule has 0 aliphatic rings. The highest BCUT2D eigenvalue weighted by atomic mass is 31.2. The first-order chi connectivity index (χ1) is 8.06. The number of benzene rings is 1. The summed E-state index contributed by atoms with van der Waals surface area (Å²) in [6.45, 7) is 0. The largest absolute Gasteiger partial charge is 0.465 e. The second-order valence-corrected chi connectivity index (χ2v) is 5.55. The van der Waals surface area contributed by atoms with Crippen LogP contribution in [0.5, 0.6) is 0 Å². The number of carbonyl (C=O) groups excluding carboxylic acids is 1. The molecule has 5 nitrogen and oxygen atoms in total. The molecule has 0 N–H and O–H groups in total. The minimum atomic E-state index is -3.19. The average Bonchev–Trinajstić information content (AvgIpc) is 2.38. The Kier molecular flexibility index (Phi) is 4.87. The van der Waals surface area contributed by atoms with E-state index in [4.69, 9.17) is 9.05 Å². The standard InChI is InChI=1S/C11H15O5P/c1-14-11(12)10-7-5-4-6-9(10)8-17(13,15-2)16-3/h4-7H,8H2,1-3H3. The normalized spacial score (nSPS) is 11.2. The van der Waals surface area contributed by atoms with E-state index in [1.807, 2.05) is 0 Å². The van der Waals surface area contributed by atoms with Crippen LogP contribution in [0.4, 0.5) is 0 Å². The topological polar surface area (TPSA) is 61.8 Å². The van der Waals surface area contributed by atoms with Gasteiger partial charge < -0.3 is 13.8 Å². The van der Waals surface area contributed by atoms with Crippen molar-refractivity contribution < 1.29 is 23.1 Å². The Balaban J connectivity index is 3.06. The molecule has 0 aliphatic heterocycles. The van der Waals surface area contributed by atoms with Crippen LogP contribution in [0.1, 0.15) is 15.9 Å². The second-order valence-electron chi connectivity index (χ2n) is 3.28. The molecule has 0 radical (unpaired) electrons. The van der Waals surface area contributed by atoms with Gasteiger partial charge >= 0.3 is 13.6 Å². The summed E-state index contributed by atoms with van der Waals surface area (Å²) in [6, 6.07) is 6.76. The molecule has 0 saturated carbocycles. The van der Waals surface area contributed by atoms with Crippen molar-refractivity contribution in [2.75, 3.05) is 21.3 Å². The van der Waals surface area contributed by atoms with Crippen LogP contribution in [0, 0.1) is 0 Å². The van der Waals surface area contributed by atoms with E-state index < -0.39 is 13.6 Å². The molecule has 6 heteroatoms. The minimum Gasteiger partial charge on any atom is -0.465 e. The van der Waals surface area contributed by atoms with Gasteiger partial charge in [0.2, 0.25) is 0 Å². The van der Waals surface area contributed by atoms with Crippen molar-refractivity contribution in [3.63, 3.8) is 0 Å². The molecule has 0 fully saturated rings. The van der Waals surface area contributed by atoms with E-state index in [1.165, 1.54) is 21.3 Å². The highest BCUT2D eigenvalue weighted by Crippen LogP contribution is 2.50. The molecule has 0 amide bonds. The van der Waals surface area contributed by atoms with Gasteiger partial charge in [-0.3, -0.25) is 4.57 Å². The molecule has 0 atom stereocenters. The molecule has 0 aliphatic carbocycles. The maximum absolute atomic E-state index is 12.0. The number of rotatable bonds is 5. The Bertz CT molecular complexity index is 435. The molecule has 0 saturated heterocycles. The summed E-state index contributed by atoms with van der Waals surface area (Å²) < 4.78 is 26.3. The fraction of sp³-hybridized carbons (Fsp3) is 0.364. The van der Waals surface area contributed by atoms with E-state index >= 15 is 0 Å². The van der Waals surface area contributed by atoms with Gasteiger partial charge in [-0.25, -0.2) is 4.79 Å². The summed E-state index contributed by atoms with van der Waals surface area (Å²) in [5, 5.41) is 0. The smallest absolute Gasteiger partial charge is 0.338 e. The van der Waals surface area contributed by atoms with Crippen molar-refractivity contribution >= 4 is 13.6 Å². The predicted molar refractivity (Wildman–Crippen MR) is 63.1 cm³/mol. The monoisotopic (exact) mass is 258 g/mol. The van der Waals surface area contributed by atoms with Gasteiger partial charge in [-0.05, 0) is 11.6 Å². The molecule has 0 heterocycles. The van der Waals surface area contributed by atoms with Gasteiger partial charge in [0.25, 0.3) is 0 Å². The number of methoxy groups -OCH3 is 1. The molecule has 17 heavy (non-hydrogen) atoms. The van der Waals surface area contributed by atoms with Crippen LogP contribution >= 0.6 is 7.60 Å². The summed E-state index contributed by atoms with van der Waals surface area (Å²) in [7, 11) is 0.730. The third kappa shape index (κ3) is 3.40. The van der Waals surface area contributed by atoms with E-state index in [9.17, 15) is 9.36 Å². The average molecular weight is 258 g/mol. The third-order valence-corrected chi connectivity index (χ3v) is 4.18. The van der Waals surface area contributed by atoms with Crippen molar-refractivity contribution in [2.45, 2.75) is 6.16 Å². The second kappa shape index (κ2) is 5.96. The zero-order valence-electron chi connectivity index (χ0n) is 10.0. The maximum atomic E-state index is 12.0. The van der Waals surface area contributed by atoms with E-state index in [2.05, 4.69) is 4.74 Å². The Morgan fingerprint density at radius 1 is 1.18 bits per heavy atom. The first-order valence-electron chi connectivity index (χ1n) is 4.93. The summed E-state index contributed by atoms with van der Waals surface area (Å²) in [5.41, 5.74) is 0.940. The van der Waals surface area contributed by atoms with Crippen LogP contribution in [0.25, 0.3) is 0 Å². The first-order valence-corrected chi connectivity index (χ1v) is 6.66. The Morgan fingerprint density at radius 2 is 1.76 bits per heavy atom. The number of esters is 1. The number of ether oxygens (including phenoxy) is 1. The van der Waals surface area contributed by atoms with E-state index in [0.29, 0.717) is 11.1 Å². The SMILES string of the molecule is COC(=O)c1ccccc1CP(=O)(OC)OC. The highest BCUT2D eigenvalue weighted by Gasteiger charge is 2.24. The van der Waals surface area contributed by atoms with Crippen LogP contribution in [-0.2, 0) is 24.5 Å². The quantitative estimate of drug-likeness (QED) is 0.599. The summed E-state index contributed by atoms with van der Waals surface area (Å²) in [5.74, 6) is -0.473. The molecule has 1 rings (SSSR count). The fourth-order valence-electron chi connectivity index (χ4n) is 1.38. The molecule has 0 unspecified atom stereocenters. The Morgan fingerprint density at radius 3 is 2.29 bits per heavy atom. The summed E-state index contributed by atoms with van der Waals surface area (Å²) >= 11 is 0. The van der Waals surface area contributed by atoms with Gasteiger partial charge in [-0.15, -0.1) is 0 Å². The van der Waals surface area contributed by atoms with Gasteiger partial charge in [0, 0.05) is 14.2 Å². The fourth-order valence-corrected chi connectivity index (χ4v) is 2.48. The zero-order valence-corrected chi connectivity index (χ0v) is 10.9. The molecule has 0 spiro atoms. The van der Waals surface area contributed by atoms with Crippen LogP contribution in [0.2, 0.25) is 0 Å². The Labute approximate surface area is 100 Å². The number of hydrogen-bond donors (Lipinski definition) is 0. The lowest BCUT2D eigenvalue weighted by Gasteiger charge is -2.15. The molecule has 1 aromatic carbocycles. The minimum absolute atomic E-state index is 0.0330. The number of hydrogen-bond acceptors (Lipinski definition) is 5. The van der Waals surface area contributed by atoms with Crippen molar-refractivity contribution in [3.05, 3.63) is 35.4 Å². The van der Waals surface area contributed by atoms with E-state index in [1.54, 1.807) is 24.3 Å². The molecule has 0 aromatic heterocycles. The van der Waals surface area contributed by atoms with E-state index in [-0.39, 0.29) is 6.16 Å². The zero-order chi connectivity index (χ0) is 12.9. The lowest BCUT2D eigenvalue weighted by atomic mass is 10.1. The number of carbonyl (C=O) groups is 1. The molecule has 94 valence electrons. The van der Waals surface area contributed by atoms with Gasteiger partial charge in [0.15, 0.2) is 0 Å². The molecule has 1 aromatic rings. The van der Waals surface area contributed by atoms with Gasteiger partial charge in [0.1, 0.15) is 0 Å².